The van der Waals surface area contributed by atoms with Crippen molar-refractivity contribution < 1.29 is 0 Å². The molecule has 3 rings (SSSR count). The predicted octanol–water partition coefficient (Wildman–Crippen LogP) is 3.94. The van der Waals surface area contributed by atoms with Gasteiger partial charge in [0.2, 0.25) is 0 Å². The molecule has 1 fully saturated rings. The first kappa shape index (κ1) is 14.6. The van der Waals surface area contributed by atoms with Gasteiger partial charge < -0.3 is 9.88 Å². The first-order valence-corrected chi connectivity index (χ1v) is 8.41. The third-order valence-electron chi connectivity index (χ3n) is 5.19. The van der Waals surface area contributed by atoms with Crippen LogP contribution in [0.25, 0.3) is 11.0 Å². The van der Waals surface area contributed by atoms with Crippen LogP contribution in [0.1, 0.15) is 51.4 Å². The van der Waals surface area contributed by atoms with Gasteiger partial charge in [-0.25, -0.2) is 4.98 Å². The summed E-state index contributed by atoms with van der Waals surface area (Å²) in [5.74, 6) is 2.09. The van der Waals surface area contributed by atoms with Crippen LogP contribution in [-0.4, -0.2) is 22.6 Å². The zero-order valence-electron chi connectivity index (χ0n) is 13.5. The molecule has 1 aliphatic rings. The van der Waals surface area contributed by atoms with Crippen LogP contribution in [0.4, 0.5) is 0 Å². The van der Waals surface area contributed by atoms with Crippen LogP contribution >= 0.6 is 0 Å². The summed E-state index contributed by atoms with van der Waals surface area (Å²) >= 11 is 0. The van der Waals surface area contributed by atoms with Crippen molar-refractivity contribution in [3.63, 3.8) is 0 Å². The minimum Gasteiger partial charge on any atom is -0.323 e. The summed E-state index contributed by atoms with van der Waals surface area (Å²) < 4.78 is 2.53. The highest BCUT2D eigenvalue weighted by Crippen LogP contribution is 2.37. The van der Waals surface area contributed by atoms with Gasteiger partial charge in [-0.3, -0.25) is 0 Å². The molecule has 0 radical (unpaired) electrons. The maximum atomic E-state index is 4.86. The lowest BCUT2D eigenvalue weighted by molar-refractivity contribution is 0.209. The number of aromatic nitrogens is 2. The summed E-state index contributed by atoms with van der Waals surface area (Å²) in [7, 11) is 2.11. The van der Waals surface area contributed by atoms with Crippen molar-refractivity contribution in [2.45, 2.75) is 58.0 Å². The van der Waals surface area contributed by atoms with Crippen LogP contribution in [0.5, 0.6) is 0 Å². The largest absolute Gasteiger partial charge is 0.323 e. The molecule has 1 aromatic carbocycles. The SMILES string of the molecule is CCc1nc2ccccc2n1C1CC(CC)CCC1NC. The summed E-state index contributed by atoms with van der Waals surface area (Å²) in [6.07, 6.45) is 6.19. The number of hydrogen-bond donors (Lipinski definition) is 1. The highest BCUT2D eigenvalue weighted by Gasteiger charge is 2.32. The molecule has 1 heterocycles. The van der Waals surface area contributed by atoms with Gasteiger partial charge in [-0.1, -0.05) is 32.4 Å². The van der Waals surface area contributed by atoms with E-state index >= 15 is 0 Å². The fraction of sp³-hybridized carbons (Fsp3) is 0.611. The smallest absolute Gasteiger partial charge is 0.109 e. The Morgan fingerprint density at radius 1 is 1.24 bits per heavy atom. The summed E-state index contributed by atoms with van der Waals surface area (Å²) in [5.41, 5.74) is 2.44. The van der Waals surface area contributed by atoms with E-state index in [0.717, 1.165) is 17.9 Å². The lowest BCUT2D eigenvalue weighted by Crippen LogP contribution is -2.40. The Bertz CT molecular complexity index is 602. The van der Waals surface area contributed by atoms with Gasteiger partial charge in [0.1, 0.15) is 5.82 Å². The Hall–Kier alpha value is -1.35. The van der Waals surface area contributed by atoms with Crippen molar-refractivity contribution in [2.75, 3.05) is 7.05 Å². The normalized spacial score (nSPS) is 26.3. The Labute approximate surface area is 127 Å². The standard InChI is InChI=1S/C18H27N3/c1-4-13-10-11-14(19-3)17(12-13)21-16-9-7-6-8-15(16)20-18(21)5-2/h6-9,13-14,17,19H,4-5,10-12H2,1-3H3. The average molecular weight is 285 g/mol. The van der Waals surface area contributed by atoms with E-state index < -0.39 is 0 Å². The second kappa shape index (κ2) is 6.18. The van der Waals surface area contributed by atoms with Crippen LogP contribution in [0.3, 0.4) is 0 Å². The van der Waals surface area contributed by atoms with E-state index in [4.69, 9.17) is 4.98 Å². The Kier molecular flexibility index (Phi) is 4.29. The van der Waals surface area contributed by atoms with Crippen molar-refractivity contribution in [2.24, 2.45) is 5.92 Å². The third-order valence-corrected chi connectivity index (χ3v) is 5.19. The maximum absolute atomic E-state index is 4.86. The van der Waals surface area contributed by atoms with Gasteiger partial charge in [-0.2, -0.15) is 0 Å². The molecule has 0 saturated heterocycles. The fourth-order valence-corrected chi connectivity index (χ4v) is 3.94. The molecule has 0 bridgehead atoms. The number of rotatable bonds is 4. The monoisotopic (exact) mass is 285 g/mol. The molecule has 0 amide bonds. The van der Waals surface area contributed by atoms with Crippen LogP contribution in [0, 0.1) is 5.92 Å². The number of nitrogens with one attached hydrogen (secondary N) is 1. The highest BCUT2D eigenvalue weighted by atomic mass is 15.1. The van der Waals surface area contributed by atoms with Gasteiger partial charge in [-0.15, -0.1) is 0 Å². The number of nitrogens with zero attached hydrogens (tertiary/aromatic N) is 2. The predicted molar refractivity (Wildman–Crippen MR) is 88.6 cm³/mol. The molecule has 1 N–H and O–H groups in total. The molecule has 2 aromatic rings. The van der Waals surface area contributed by atoms with Crippen molar-refractivity contribution in [3.8, 4) is 0 Å². The minimum absolute atomic E-state index is 0.538. The molecule has 1 aliphatic carbocycles. The van der Waals surface area contributed by atoms with E-state index in [1.807, 2.05) is 0 Å². The van der Waals surface area contributed by atoms with Crippen molar-refractivity contribution in [1.82, 2.24) is 14.9 Å². The second-order valence-corrected chi connectivity index (χ2v) is 6.29. The molecular weight excluding hydrogens is 258 g/mol. The molecule has 3 nitrogen and oxygen atoms in total. The highest BCUT2D eigenvalue weighted by molar-refractivity contribution is 5.76. The molecular formula is C18H27N3. The number of para-hydroxylation sites is 2. The molecule has 0 spiro atoms. The first-order chi connectivity index (χ1) is 10.3. The zero-order valence-corrected chi connectivity index (χ0v) is 13.5. The van der Waals surface area contributed by atoms with Crippen LogP contribution < -0.4 is 5.32 Å². The molecule has 0 aliphatic heterocycles. The van der Waals surface area contributed by atoms with Gasteiger partial charge in [-0.05, 0) is 44.4 Å². The molecule has 1 saturated carbocycles. The van der Waals surface area contributed by atoms with Crippen LogP contribution in [0.2, 0.25) is 0 Å². The van der Waals surface area contributed by atoms with Crippen molar-refractivity contribution in [1.29, 1.82) is 0 Å². The Morgan fingerprint density at radius 3 is 2.76 bits per heavy atom. The molecule has 3 atom stereocenters. The van der Waals surface area contributed by atoms with Gasteiger partial charge >= 0.3 is 0 Å². The lowest BCUT2D eigenvalue weighted by atomic mass is 9.80. The van der Waals surface area contributed by atoms with Gasteiger partial charge in [0.15, 0.2) is 0 Å². The van der Waals surface area contributed by atoms with E-state index in [9.17, 15) is 0 Å². The number of aryl methyl sites for hydroxylation is 1. The maximum Gasteiger partial charge on any atom is 0.109 e. The Balaban J connectivity index is 2.07. The van der Waals surface area contributed by atoms with Gasteiger partial charge in [0.25, 0.3) is 0 Å². The van der Waals surface area contributed by atoms with Gasteiger partial charge in [0, 0.05) is 12.5 Å². The molecule has 1 aromatic heterocycles. The quantitative estimate of drug-likeness (QED) is 0.922. The third kappa shape index (κ3) is 2.59. The second-order valence-electron chi connectivity index (χ2n) is 6.29. The van der Waals surface area contributed by atoms with Crippen molar-refractivity contribution >= 4 is 11.0 Å². The van der Waals surface area contributed by atoms with Crippen LogP contribution in [0.15, 0.2) is 24.3 Å². The van der Waals surface area contributed by atoms with E-state index in [2.05, 4.69) is 55.0 Å². The summed E-state index contributed by atoms with van der Waals surface area (Å²) in [6.45, 7) is 4.54. The van der Waals surface area contributed by atoms with E-state index in [0.29, 0.717) is 12.1 Å². The molecule has 3 unspecified atom stereocenters. The number of fused-ring (bicyclic) bond motifs is 1. The molecule has 114 valence electrons. The lowest BCUT2D eigenvalue weighted by Gasteiger charge is -2.37. The molecule has 3 heteroatoms. The zero-order chi connectivity index (χ0) is 14.8. The van der Waals surface area contributed by atoms with Crippen LogP contribution in [-0.2, 0) is 6.42 Å². The van der Waals surface area contributed by atoms with E-state index in [-0.39, 0.29) is 0 Å². The van der Waals surface area contributed by atoms with E-state index in [1.54, 1.807) is 0 Å². The topological polar surface area (TPSA) is 29.9 Å². The summed E-state index contributed by atoms with van der Waals surface area (Å²) in [5, 5.41) is 3.55. The number of hydrogen-bond acceptors (Lipinski definition) is 2. The number of imidazole rings is 1. The fourth-order valence-electron chi connectivity index (χ4n) is 3.94. The Morgan fingerprint density at radius 2 is 2.05 bits per heavy atom. The molecule has 21 heavy (non-hydrogen) atoms. The number of likely N-dealkylation sites (N-methyl/N-ethyl adjacent to an activating group) is 1. The summed E-state index contributed by atoms with van der Waals surface area (Å²) in [4.78, 5) is 4.86. The average Bonchev–Trinajstić information content (AvgIpc) is 2.92. The minimum atomic E-state index is 0.538. The first-order valence-electron chi connectivity index (χ1n) is 8.41. The summed E-state index contributed by atoms with van der Waals surface area (Å²) in [6, 6.07) is 9.69. The van der Waals surface area contributed by atoms with Gasteiger partial charge in [0.05, 0.1) is 17.1 Å². The van der Waals surface area contributed by atoms with Crippen molar-refractivity contribution in [3.05, 3.63) is 30.1 Å². The number of benzene rings is 1. The van der Waals surface area contributed by atoms with E-state index in [1.165, 1.54) is 37.0 Å².